The van der Waals surface area contributed by atoms with Crippen molar-refractivity contribution in [2.45, 2.75) is 95.9 Å². The average molecular weight is 461 g/mol. The van der Waals surface area contributed by atoms with Crippen LogP contribution in [0.3, 0.4) is 0 Å². The van der Waals surface area contributed by atoms with Gasteiger partial charge in [0.15, 0.2) is 0 Å². The van der Waals surface area contributed by atoms with Gasteiger partial charge in [-0.3, -0.25) is 0 Å². The lowest BCUT2D eigenvalue weighted by atomic mass is 9.95. The maximum atomic E-state index is 4.00. The van der Waals surface area contributed by atoms with E-state index in [2.05, 4.69) is 98.0 Å². The minimum Gasteiger partial charge on any atom is -0.0991 e. The van der Waals surface area contributed by atoms with Gasteiger partial charge in [-0.1, -0.05) is 109 Å². The molecule has 0 heteroatoms. The Morgan fingerprint density at radius 2 is 1.41 bits per heavy atom. The van der Waals surface area contributed by atoms with E-state index in [1.54, 1.807) is 6.08 Å². The van der Waals surface area contributed by atoms with Gasteiger partial charge < -0.3 is 0 Å². The molecule has 0 saturated carbocycles. The van der Waals surface area contributed by atoms with E-state index in [0.717, 1.165) is 18.4 Å². The number of hydrogen-bond acceptors (Lipinski definition) is 0. The maximum Gasteiger partial charge on any atom is -0.0204 e. The lowest BCUT2D eigenvalue weighted by Crippen LogP contribution is -1.93. The molecule has 0 amide bonds. The fourth-order valence-corrected chi connectivity index (χ4v) is 3.53. The quantitative estimate of drug-likeness (QED) is 0.376. The maximum absolute atomic E-state index is 4.00. The molecule has 34 heavy (non-hydrogen) atoms. The summed E-state index contributed by atoms with van der Waals surface area (Å²) in [5, 5.41) is 0. The zero-order chi connectivity index (χ0) is 26.8. The number of benzene rings is 2. The van der Waals surface area contributed by atoms with Crippen LogP contribution in [0.25, 0.3) is 11.1 Å². The Bertz CT molecular complexity index is 948. The first-order valence-corrected chi connectivity index (χ1v) is 13.0. The highest BCUT2D eigenvalue weighted by Crippen LogP contribution is 2.24. The SMILES string of the molecule is C=C/C=C\C(C)=C(/C)c1ccc(C(=C)C)c(C)c1.CC.CC.CCc1cc(C)c(C)c(CC)c1. The van der Waals surface area contributed by atoms with Gasteiger partial charge in [0.25, 0.3) is 0 Å². The lowest BCUT2D eigenvalue weighted by molar-refractivity contribution is 1.05. The van der Waals surface area contributed by atoms with E-state index in [1.165, 1.54) is 50.1 Å². The largest absolute Gasteiger partial charge is 0.0991 e. The first-order chi connectivity index (χ1) is 16.2. The van der Waals surface area contributed by atoms with Gasteiger partial charge in [-0.15, -0.1) is 0 Å². The van der Waals surface area contributed by atoms with Crippen LogP contribution in [0.5, 0.6) is 0 Å². The smallest absolute Gasteiger partial charge is 0.0204 e. The van der Waals surface area contributed by atoms with Gasteiger partial charge in [0.05, 0.1) is 0 Å². The van der Waals surface area contributed by atoms with E-state index in [0.29, 0.717) is 0 Å². The zero-order valence-electron chi connectivity index (χ0n) is 24.4. The molecule has 0 N–H and O–H groups in total. The predicted molar refractivity (Wildman–Crippen MR) is 161 cm³/mol. The molecule has 0 aliphatic carbocycles. The Labute approximate surface area is 213 Å². The van der Waals surface area contributed by atoms with Crippen LogP contribution in [0.2, 0.25) is 0 Å². The molecular weight excluding hydrogens is 408 g/mol. The van der Waals surface area contributed by atoms with Gasteiger partial charge >= 0.3 is 0 Å². The van der Waals surface area contributed by atoms with Crippen molar-refractivity contribution < 1.29 is 0 Å². The van der Waals surface area contributed by atoms with E-state index in [4.69, 9.17) is 0 Å². The van der Waals surface area contributed by atoms with Crippen LogP contribution < -0.4 is 0 Å². The van der Waals surface area contributed by atoms with Gasteiger partial charge in [-0.25, -0.2) is 0 Å². The number of hydrogen-bond donors (Lipinski definition) is 0. The molecular formula is C34H52. The van der Waals surface area contributed by atoms with Crippen molar-refractivity contribution in [2.75, 3.05) is 0 Å². The van der Waals surface area contributed by atoms with Gasteiger partial charge in [0.2, 0.25) is 0 Å². The van der Waals surface area contributed by atoms with Crippen molar-refractivity contribution in [1.29, 1.82) is 0 Å². The molecule has 0 heterocycles. The molecule has 0 aliphatic rings. The van der Waals surface area contributed by atoms with Crippen LogP contribution in [0.4, 0.5) is 0 Å². The van der Waals surface area contributed by atoms with Gasteiger partial charge in [-0.2, -0.15) is 0 Å². The Kier molecular flexibility index (Phi) is 18.5. The molecule has 0 aromatic heterocycles. The van der Waals surface area contributed by atoms with Crippen molar-refractivity contribution in [1.82, 2.24) is 0 Å². The van der Waals surface area contributed by atoms with Crippen LogP contribution in [0.15, 0.2) is 67.3 Å². The van der Waals surface area contributed by atoms with Gasteiger partial charge in [0.1, 0.15) is 0 Å². The first kappa shape index (κ1) is 33.6. The molecule has 0 unspecified atom stereocenters. The number of aryl methyl sites for hydroxylation is 4. The molecule has 2 rings (SSSR count). The lowest BCUT2D eigenvalue weighted by Gasteiger charge is -2.10. The van der Waals surface area contributed by atoms with Crippen molar-refractivity contribution in [2.24, 2.45) is 0 Å². The van der Waals surface area contributed by atoms with Crippen LogP contribution in [-0.2, 0) is 12.8 Å². The molecule has 0 aliphatic heterocycles. The number of rotatable bonds is 6. The summed E-state index contributed by atoms with van der Waals surface area (Å²) in [6.07, 6.45) is 8.15. The molecule has 0 bridgehead atoms. The third-order valence-electron chi connectivity index (χ3n) is 5.82. The van der Waals surface area contributed by atoms with Gasteiger partial charge in [-0.05, 0) is 104 Å². The summed E-state index contributed by atoms with van der Waals surface area (Å²) in [7, 11) is 0. The minimum absolute atomic E-state index is 1.11. The predicted octanol–water partition coefficient (Wildman–Crippen LogP) is 11.0. The Morgan fingerprint density at radius 1 is 0.824 bits per heavy atom. The monoisotopic (exact) mass is 460 g/mol. The fraction of sp³-hybridized carbons (Fsp3) is 0.412. The summed E-state index contributed by atoms with van der Waals surface area (Å²) < 4.78 is 0. The van der Waals surface area contributed by atoms with Crippen molar-refractivity contribution in [3.63, 3.8) is 0 Å². The van der Waals surface area contributed by atoms with E-state index < -0.39 is 0 Å². The first-order valence-electron chi connectivity index (χ1n) is 13.0. The molecule has 0 saturated heterocycles. The van der Waals surface area contributed by atoms with Crippen molar-refractivity contribution in [3.05, 3.63) is 106 Å². The van der Waals surface area contributed by atoms with Crippen molar-refractivity contribution in [3.8, 4) is 0 Å². The van der Waals surface area contributed by atoms with E-state index in [9.17, 15) is 0 Å². The summed E-state index contributed by atoms with van der Waals surface area (Å²) in [6, 6.07) is 11.2. The molecule has 188 valence electrons. The second-order valence-corrected chi connectivity index (χ2v) is 8.12. The highest BCUT2D eigenvalue weighted by molar-refractivity contribution is 5.73. The number of allylic oxidation sites excluding steroid dienone is 6. The summed E-state index contributed by atoms with van der Waals surface area (Å²) in [5.74, 6) is 0. The van der Waals surface area contributed by atoms with E-state index >= 15 is 0 Å². The summed E-state index contributed by atoms with van der Waals surface area (Å²) >= 11 is 0. The third kappa shape index (κ3) is 11.0. The highest BCUT2D eigenvalue weighted by atomic mass is 14.1. The standard InChI is InChI=1S/C18H22.C12H18.2C2H6/c1-7-8-9-14(4)16(6)17-10-11-18(13(2)3)15(5)12-17;1-5-11-7-9(3)10(4)12(6-2)8-11;2*1-2/h7-12H,1-2H2,3-6H3;7-8H,5-6H2,1-4H3;2*1-2H3/b9-8-,16-14+;;;. The zero-order valence-corrected chi connectivity index (χ0v) is 24.4. The van der Waals surface area contributed by atoms with Crippen LogP contribution in [0.1, 0.15) is 101 Å². The topological polar surface area (TPSA) is 0 Å². The molecule has 2 aromatic carbocycles. The van der Waals surface area contributed by atoms with Crippen LogP contribution in [0, 0.1) is 20.8 Å². The van der Waals surface area contributed by atoms with E-state index in [1.807, 2.05) is 40.7 Å². The Balaban J connectivity index is 0. The normalized spacial score (nSPS) is 10.6. The molecule has 0 radical (unpaired) electrons. The Morgan fingerprint density at radius 3 is 1.85 bits per heavy atom. The summed E-state index contributed by atoms with van der Waals surface area (Å²) in [6.45, 7) is 33.0. The second-order valence-electron chi connectivity index (χ2n) is 8.12. The highest BCUT2D eigenvalue weighted by Gasteiger charge is 2.04. The summed E-state index contributed by atoms with van der Waals surface area (Å²) in [5.41, 5.74) is 13.3. The third-order valence-corrected chi connectivity index (χ3v) is 5.82. The molecule has 0 nitrogen and oxygen atoms in total. The fourth-order valence-electron chi connectivity index (χ4n) is 3.53. The average Bonchev–Trinajstić information content (AvgIpc) is 2.86. The van der Waals surface area contributed by atoms with Crippen LogP contribution in [-0.4, -0.2) is 0 Å². The second kappa shape index (κ2) is 18.8. The summed E-state index contributed by atoms with van der Waals surface area (Å²) in [4.78, 5) is 0. The molecule has 0 atom stereocenters. The minimum atomic E-state index is 1.11. The molecule has 2 aromatic rings. The molecule has 0 spiro atoms. The van der Waals surface area contributed by atoms with Gasteiger partial charge in [0, 0.05) is 0 Å². The molecule has 0 fully saturated rings. The van der Waals surface area contributed by atoms with Crippen LogP contribution >= 0.6 is 0 Å². The Hall–Kier alpha value is -2.60. The van der Waals surface area contributed by atoms with Crippen molar-refractivity contribution >= 4 is 11.1 Å². The van der Waals surface area contributed by atoms with E-state index in [-0.39, 0.29) is 0 Å².